The molecule has 0 saturated carbocycles. The average molecular weight is 189 g/mol. The van der Waals surface area contributed by atoms with Crippen LogP contribution in [0, 0.1) is 11.3 Å². The first-order chi connectivity index (χ1) is 6.88. The summed E-state index contributed by atoms with van der Waals surface area (Å²) in [6.07, 6.45) is 4.49. The normalized spacial score (nSPS) is 14.1. The van der Waals surface area contributed by atoms with E-state index in [1.165, 1.54) is 32.9 Å². The molecule has 1 aliphatic heterocycles. The summed E-state index contributed by atoms with van der Waals surface area (Å²) < 4.78 is 0. The molecule has 3 nitrogen and oxygen atoms in total. The molecular formula is C11H15N3. The van der Waals surface area contributed by atoms with Crippen LogP contribution in [0.1, 0.15) is 19.8 Å². The predicted octanol–water partition coefficient (Wildman–Crippen LogP) is 2.21. The van der Waals surface area contributed by atoms with Crippen LogP contribution >= 0.6 is 0 Å². The van der Waals surface area contributed by atoms with Gasteiger partial charge in [-0.05, 0) is 25.0 Å². The summed E-state index contributed by atoms with van der Waals surface area (Å²) in [5.41, 5.74) is 0. The van der Waals surface area contributed by atoms with Gasteiger partial charge in [-0.2, -0.15) is 5.26 Å². The molecule has 0 aliphatic carbocycles. The molecule has 2 rings (SSSR count). The van der Waals surface area contributed by atoms with Crippen LogP contribution in [0.5, 0.6) is 0 Å². The van der Waals surface area contributed by atoms with Crippen LogP contribution in [0.25, 0.3) is 0 Å². The molecule has 0 atom stereocenters. The van der Waals surface area contributed by atoms with E-state index in [9.17, 15) is 0 Å². The lowest BCUT2D eigenvalue weighted by Gasteiger charge is -2.14. The van der Waals surface area contributed by atoms with E-state index in [0.717, 1.165) is 5.82 Å². The van der Waals surface area contributed by atoms with Gasteiger partial charge in [0, 0.05) is 26.2 Å². The van der Waals surface area contributed by atoms with E-state index in [1.807, 2.05) is 18.3 Å². The van der Waals surface area contributed by atoms with E-state index in [-0.39, 0.29) is 0 Å². The van der Waals surface area contributed by atoms with Crippen molar-refractivity contribution < 1.29 is 0 Å². The number of hydrogen-bond acceptors (Lipinski definition) is 3. The fourth-order valence-corrected chi connectivity index (χ4v) is 1.49. The Morgan fingerprint density at radius 1 is 1.36 bits per heavy atom. The lowest BCUT2D eigenvalue weighted by molar-refractivity contribution is 0.938. The summed E-state index contributed by atoms with van der Waals surface area (Å²) in [5.74, 6) is 1.13. The van der Waals surface area contributed by atoms with E-state index in [0.29, 0.717) is 0 Å². The van der Waals surface area contributed by atoms with Gasteiger partial charge in [0.2, 0.25) is 0 Å². The van der Waals surface area contributed by atoms with Crippen molar-refractivity contribution >= 4 is 5.82 Å². The first kappa shape index (κ1) is 10.5. The zero-order valence-corrected chi connectivity index (χ0v) is 8.48. The Bertz CT molecular complexity index is 283. The predicted molar refractivity (Wildman–Crippen MR) is 57.0 cm³/mol. The van der Waals surface area contributed by atoms with Crippen molar-refractivity contribution in [2.45, 2.75) is 19.8 Å². The number of nitrogens with zero attached hydrogens (tertiary/aromatic N) is 3. The van der Waals surface area contributed by atoms with Crippen molar-refractivity contribution in [2.75, 3.05) is 18.0 Å². The second-order valence-corrected chi connectivity index (χ2v) is 3.11. The van der Waals surface area contributed by atoms with Gasteiger partial charge in [0.1, 0.15) is 5.82 Å². The Morgan fingerprint density at radius 3 is 2.50 bits per heavy atom. The minimum Gasteiger partial charge on any atom is -0.357 e. The highest BCUT2D eigenvalue weighted by Gasteiger charge is 2.11. The monoisotopic (exact) mass is 189 g/mol. The van der Waals surface area contributed by atoms with E-state index in [2.05, 4.69) is 16.0 Å². The van der Waals surface area contributed by atoms with E-state index in [1.54, 1.807) is 6.07 Å². The number of pyridine rings is 1. The minimum absolute atomic E-state index is 1.13. The van der Waals surface area contributed by atoms with Gasteiger partial charge in [0.15, 0.2) is 0 Å². The van der Waals surface area contributed by atoms with E-state index >= 15 is 0 Å². The molecule has 0 aromatic carbocycles. The van der Waals surface area contributed by atoms with Gasteiger partial charge in [-0.15, -0.1) is 0 Å². The number of nitriles is 1. The Balaban J connectivity index is 0.000000293. The maximum Gasteiger partial charge on any atom is 0.128 e. The van der Waals surface area contributed by atoms with Gasteiger partial charge in [-0.1, -0.05) is 6.07 Å². The van der Waals surface area contributed by atoms with Gasteiger partial charge in [-0.3, -0.25) is 0 Å². The maximum atomic E-state index is 7.32. The van der Waals surface area contributed by atoms with Crippen LogP contribution in [0.2, 0.25) is 0 Å². The third-order valence-corrected chi connectivity index (χ3v) is 2.08. The fraction of sp³-hybridized carbons (Fsp3) is 0.455. The molecule has 1 aromatic rings. The number of anilines is 1. The summed E-state index contributed by atoms with van der Waals surface area (Å²) in [7, 11) is 0. The second kappa shape index (κ2) is 5.98. The zero-order chi connectivity index (χ0) is 10.2. The zero-order valence-electron chi connectivity index (χ0n) is 8.48. The van der Waals surface area contributed by atoms with Crippen molar-refractivity contribution in [3.63, 3.8) is 0 Å². The van der Waals surface area contributed by atoms with Crippen LogP contribution in [0.3, 0.4) is 0 Å². The lowest BCUT2D eigenvalue weighted by atomic mass is 10.4. The highest BCUT2D eigenvalue weighted by molar-refractivity contribution is 5.38. The van der Waals surface area contributed by atoms with Crippen LogP contribution in [-0.2, 0) is 0 Å². The minimum atomic E-state index is 1.13. The van der Waals surface area contributed by atoms with Gasteiger partial charge >= 0.3 is 0 Å². The summed E-state index contributed by atoms with van der Waals surface area (Å²) in [6.45, 7) is 3.79. The molecular weight excluding hydrogens is 174 g/mol. The van der Waals surface area contributed by atoms with Crippen molar-refractivity contribution in [3.05, 3.63) is 24.4 Å². The molecule has 0 unspecified atom stereocenters. The molecule has 0 bridgehead atoms. The van der Waals surface area contributed by atoms with Gasteiger partial charge < -0.3 is 4.90 Å². The maximum absolute atomic E-state index is 7.32. The van der Waals surface area contributed by atoms with Crippen LogP contribution in [-0.4, -0.2) is 18.1 Å². The standard InChI is InChI=1S/C9H12N2.C2H3N/c1-2-6-10-9(5-1)11-7-3-4-8-11;1-2-3/h1-2,5-6H,3-4,7-8H2;1H3. The van der Waals surface area contributed by atoms with E-state index in [4.69, 9.17) is 5.26 Å². The van der Waals surface area contributed by atoms with Gasteiger partial charge in [-0.25, -0.2) is 4.98 Å². The molecule has 1 aromatic heterocycles. The SMILES string of the molecule is CC#N.c1ccc(N2CCCC2)nc1. The molecule has 1 saturated heterocycles. The Kier molecular flexibility index (Phi) is 4.49. The Labute approximate surface area is 85.0 Å². The highest BCUT2D eigenvalue weighted by atomic mass is 15.2. The summed E-state index contributed by atoms with van der Waals surface area (Å²) >= 11 is 0. The molecule has 0 spiro atoms. The molecule has 0 N–H and O–H groups in total. The topological polar surface area (TPSA) is 39.9 Å². The number of rotatable bonds is 1. The molecule has 14 heavy (non-hydrogen) atoms. The smallest absolute Gasteiger partial charge is 0.128 e. The number of aromatic nitrogens is 1. The third-order valence-electron chi connectivity index (χ3n) is 2.08. The van der Waals surface area contributed by atoms with Gasteiger partial charge in [0.25, 0.3) is 0 Å². The van der Waals surface area contributed by atoms with Crippen LogP contribution in [0.15, 0.2) is 24.4 Å². The largest absolute Gasteiger partial charge is 0.357 e. The number of hydrogen-bond donors (Lipinski definition) is 0. The average Bonchev–Trinajstić information content (AvgIpc) is 2.73. The lowest BCUT2D eigenvalue weighted by Crippen LogP contribution is -2.18. The molecule has 74 valence electrons. The molecule has 3 heteroatoms. The van der Waals surface area contributed by atoms with Crippen LogP contribution in [0.4, 0.5) is 5.82 Å². The van der Waals surface area contributed by atoms with Crippen molar-refractivity contribution in [1.29, 1.82) is 5.26 Å². The Morgan fingerprint density at radius 2 is 2.00 bits per heavy atom. The molecule has 1 aliphatic rings. The van der Waals surface area contributed by atoms with E-state index < -0.39 is 0 Å². The summed E-state index contributed by atoms with van der Waals surface area (Å²) in [6, 6.07) is 7.82. The van der Waals surface area contributed by atoms with Crippen molar-refractivity contribution in [1.82, 2.24) is 4.98 Å². The van der Waals surface area contributed by atoms with Gasteiger partial charge in [0.05, 0.1) is 6.07 Å². The Hall–Kier alpha value is -1.56. The molecule has 2 heterocycles. The third kappa shape index (κ3) is 3.06. The summed E-state index contributed by atoms with van der Waals surface area (Å²) in [5, 5.41) is 7.32. The molecule has 0 radical (unpaired) electrons. The molecule has 0 amide bonds. The fourth-order valence-electron chi connectivity index (χ4n) is 1.49. The highest BCUT2D eigenvalue weighted by Crippen LogP contribution is 2.15. The summed E-state index contributed by atoms with van der Waals surface area (Å²) in [4.78, 5) is 6.62. The first-order valence-corrected chi connectivity index (χ1v) is 4.85. The van der Waals surface area contributed by atoms with Crippen molar-refractivity contribution in [2.24, 2.45) is 0 Å². The molecule has 1 fully saturated rings. The van der Waals surface area contributed by atoms with Crippen molar-refractivity contribution in [3.8, 4) is 6.07 Å². The first-order valence-electron chi connectivity index (χ1n) is 4.85. The van der Waals surface area contributed by atoms with Crippen LogP contribution < -0.4 is 4.90 Å². The quantitative estimate of drug-likeness (QED) is 0.680. The second-order valence-electron chi connectivity index (χ2n) is 3.11.